The Labute approximate surface area is 91.2 Å². The van der Waals surface area contributed by atoms with Gasteiger partial charge in [0, 0.05) is 7.11 Å². The van der Waals surface area contributed by atoms with Crippen molar-refractivity contribution in [2.24, 2.45) is 5.73 Å². The van der Waals surface area contributed by atoms with Crippen LogP contribution in [0, 0.1) is 6.92 Å². The maximum Gasteiger partial charge on any atom is 0.122 e. The van der Waals surface area contributed by atoms with Gasteiger partial charge in [-0.25, -0.2) is 0 Å². The molecule has 15 heavy (non-hydrogen) atoms. The summed E-state index contributed by atoms with van der Waals surface area (Å²) in [7, 11) is 1.65. The molecule has 0 saturated carbocycles. The van der Waals surface area contributed by atoms with E-state index in [1.165, 1.54) is 0 Å². The lowest BCUT2D eigenvalue weighted by atomic mass is 10.1. The molecule has 0 saturated heterocycles. The van der Waals surface area contributed by atoms with Gasteiger partial charge in [0.2, 0.25) is 0 Å². The van der Waals surface area contributed by atoms with E-state index in [0.717, 1.165) is 16.9 Å². The van der Waals surface area contributed by atoms with E-state index in [0.29, 0.717) is 13.2 Å². The Balaban J connectivity index is 2.81. The number of methoxy groups -OCH3 is 1. The molecule has 0 amide bonds. The number of hydrogen-bond acceptors (Lipinski definition) is 3. The highest BCUT2D eigenvalue weighted by atomic mass is 16.5. The van der Waals surface area contributed by atoms with Crippen molar-refractivity contribution in [3.63, 3.8) is 0 Å². The number of rotatable bonds is 5. The predicted molar refractivity (Wildman–Crippen MR) is 61.2 cm³/mol. The zero-order valence-corrected chi connectivity index (χ0v) is 9.62. The van der Waals surface area contributed by atoms with Crippen LogP contribution in [0.5, 0.6) is 5.75 Å². The minimum absolute atomic E-state index is 0.0654. The van der Waals surface area contributed by atoms with Crippen molar-refractivity contribution in [2.45, 2.75) is 19.9 Å². The molecule has 0 bridgehead atoms. The van der Waals surface area contributed by atoms with Crippen LogP contribution in [0.15, 0.2) is 18.2 Å². The summed E-state index contributed by atoms with van der Waals surface area (Å²) in [5.74, 6) is 0.922. The quantitative estimate of drug-likeness (QED) is 0.807. The summed E-state index contributed by atoms with van der Waals surface area (Å²) in [6.07, 6.45) is 0. The summed E-state index contributed by atoms with van der Waals surface area (Å²) in [4.78, 5) is 0. The topological polar surface area (TPSA) is 44.5 Å². The van der Waals surface area contributed by atoms with E-state index in [9.17, 15) is 0 Å². The molecular formula is C12H19NO2. The van der Waals surface area contributed by atoms with Crippen LogP contribution in [0.1, 0.15) is 24.1 Å². The number of ether oxygens (including phenoxy) is 2. The summed E-state index contributed by atoms with van der Waals surface area (Å²) < 4.78 is 10.5. The standard InChI is InChI=1S/C12H19NO2/c1-4-15-12-6-5-10(7-9(12)2)11(13)8-14-3/h5-7,11H,4,8,13H2,1-3H3. The fourth-order valence-electron chi connectivity index (χ4n) is 1.50. The van der Waals surface area contributed by atoms with Gasteiger partial charge < -0.3 is 15.2 Å². The maximum absolute atomic E-state index is 5.93. The normalized spacial score (nSPS) is 12.5. The van der Waals surface area contributed by atoms with Gasteiger partial charge in [-0.15, -0.1) is 0 Å². The van der Waals surface area contributed by atoms with Gasteiger partial charge in [0.05, 0.1) is 19.3 Å². The van der Waals surface area contributed by atoms with Crippen LogP contribution in [-0.2, 0) is 4.74 Å². The number of aryl methyl sites for hydroxylation is 1. The van der Waals surface area contributed by atoms with Crippen molar-refractivity contribution >= 4 is 0 Å². The highest BCUT2D eigenvalue weighted by Gasteiger charge is 2.07. The molecule has 1 atom stereocenters. The molecule has 0 spiro atoms. The molecule has 1 unspecified atom stereocenters. The molecule has 0 aliphatic carbocycles. The molecule has 0 fully saturated rings. The zero-order valence-electron chi connectivity index (χ0n) is 9.62. The lowest BCUT2D eigenvalue weighted by Crippen LogP contribution is -2.16. The third kappa shape index (κ3) is 3.22. The smallest absolute Gasteiger partial charge is 0.122 e. The zero-order chi connectivity index (χ0) is 11.3. The minimum Gasteiger partial charge on any atom is -0.494 e. The van der Waals surface area contributed by atoms with E-state index in [-0.39, 0.29) is 6.04 Å². The molecule has 1 aromatic carbocycles. The molecule has 1 rings (SSSR count). The Morgan fingerprint density at radius 2 is 2.13 bits per heavy atom. The third-order valence-electron chi connectivity index (χ3n) is 2.27. The molecule has 1 aromatic rings. The first-order chi connectivity index (χ1) is 7.19. The first-order valence-corrected chi connectivity index (χ1v) is 5.17. The van der Waals surface area contributed by atoms with Crippen molar-refractivity contribution in [2.75, 3.05) is 20.3 Å². The van der Waals surface area contributed by atoms with Crippen molar-refractivity contribution in [3.05, 3.63) is 29.3 Å². The van der Waals surface area contributed by atoms with Gasteiger partial charge in [-0.2, -0.15) is 0 Å². The van der Waals surface area contributed by atoms with Gasteiger partial charge in [-0.3, -0.25) is 0 Å². The number of nitrogens with two attached hydrogens (primary N) is 1. The van der Waals surface area contributed by atoms with E-state index in [4.69, 9.17) is 15.2 Å². The fraction of sp³-hybridized carbons (Fsp3) is 0.500. The average molecular weight is 209 g/mol. The predicted octanol–water partition coefficient (Wildman–Crippen LogP) is 2.04. The summed E-state index contributed by atoms with van der Waals surface area (Å²) >= 11 is 0. The second-order valence-electron chi connectivity index (χ2n) is 3.52. The summed E-state index contributed by atoms with van der Waals surface area (Å²) in [6, 6.07) is 5.93. The van der Waals surface area contributed by atoms with E-state index in [1.807, 2.05) is 26.0 Å². The van der Waals surface area contributed by atoms with Gasteiger partial charge >= 0.3 is 0 Å². The molecule has 2 N–H and O–H groups in total. The Morgan fingerprint density at radius 3 is 2.67 bits per heavy atom. The van der Waals surface area contributed by atoms with Crippen molar-refractivity contribution in [1.29, 1.82) is 0 Å². The van der Waals surface area contributed by atoms with E-state index >= 15 is 0 Å². The van der Waals surface area contributed by atoms with E-state index in [2.05, 4.69) is 6.07 Å². The second kappa shape index (κ2) is 5.73. The Hall–Kier alpha value is -1.06. The minimum atomic E-state index is -0.0654. The number of benzene rings is 1. The first kappa shape index (κ1) is 12.0. The maximum atomic E-state index is 5.93. The molecule has 3 heteroatoms. The van der Waals surface area contributed by atoms with E-state index in [1.54, 1.807) is 7.11 Å². The number of hydrogen-bond donors (Lipinski definition) is 1. The van der Waals surface area contributed by atoms with Gasteiger partial charge in [-0.1, -0.05) is 12.1 Å². The van der Waals surface area contributed by atoms with Crippen LogP contribution in [0.3, 0.4) is 0 Å². The van der Waals surface area contributed by atoms with E-state index < -0.39 is 0 Å². The Bertz CT molecular complexity index is 312. The van der Waals surface area contributed by atoms with Crippen molar-refractivity contribution in [1.82, 2.24) is 0 Å². The van der Waals surface area contributed by atoms with Gasteiger partial charge in [0.15, 0.2) is 0 Å². The molecule has 0 radical (unpaired) electrons. The van der Waals surface area contributed by atoms with Crippen LogP contribution >= 0.6 is 0 Å². The monoisotopic (exact) mass is 209 g/mol. The lowest BCUT2D eigenvalue weighted by molar-refractivity contribution is 0.181. The summed E-state index contributed by atoms with van der Waals surface area (Å²) in [6.45, 7) is 5.22. The molecular weight excluding hydrogens is 190 g/mol. The largest absolute Gasteiger partial charge is 0.494 e. The van der Waals surface area contributed by atoms with Crippen molar-refractivity contribution < 1.29 is 9.47 Å². The fourth-order valence-corrected chi connectivity index (χ4v) is 1.50. The van der Waals surface area contributed by atoms with Gasteiger partial charge in [0.1, 0.15) is 5.75 Å². The molecule has 84 valence electrons. The third-order valence-corrected chi connectivity index (χ3v) is 2.27. The highest BCUT2D eigenvalue weighted by molar-refractivity contribution is 5.37. The van der Waals surface area contributed by atoms with Crippen LogP contribution in [0.25, 0.3) is 0 Å². The molecule has 0 aliphatic heterocycles. The molecule has 3 nitrogen and oxygen atoms in total. The lowest BCUT2D eigenvalue weighted by Gasteiger charge is -2.13. The SMILES string of the molecule is CCOc1ccc(C(N)COC)cc1C. The van der Waals surface area contributed by atoms with Crippen LogP contribution in [-0.4, -0.2) is 20.3 Å². The van der Waals surface area contributed by atoms with Crippen LogP contribution < -0.4 is 10.5 Å². The van der Waals surface area contributed by atoms with Gasteiger partial charge in [0.25, 0.3) is 0 Å². The summed E-state index contributed by atoms with van der Waals surface area (Å²) in [5.41, 5.74) is 8.13. The van der Waals surface area contributed by atoms with Gasteiger partial charge in [-0.05, 0) is 31.0 Å². The Kier molecular flexibility index (Phi) is 4.59. The molecule has 0 aliphatic rings. The second-order valence-corrected chi connectivity index (χ2v) is 3.52. The summed E-state index contributed by atoms with van der Waals surface area (Å²) in [5, 5.41) is 0. The van der Waals surface area contributed by atoms with Crippen molar-refractivity contribution in [3.8, 4) is 5.75 Å². The Morgan fingerprint density at radius 1 is 1.40 bits per heavy atom. The average Bonchev–Trinajstić information content (AvgIpc) is 2.21. The highest BCUT2D eigenvalue weighted by Crippen LogP contribution is 2.21. The van der Waals surface area contributed by atoms with Crippen LogP contribution in [0.2, 0.25) is 0 Å². The molecule has 0 aromatic heterocycles. The molecule has 0 heterocycles. The first-order valence-electron chi connectivity index (χ1n) is 5.17. The van der Waals surface area contributed by atoms with Crippen LogP contribution in [0.4, 0.5) is 0 Å².